The molecule has 0 aromatic carbocycles. The number of likely N-dealkylation sites (tertiary alicyclic amines) is 1. The number of nitrogens with one attached hydrogen (secondary N) is 1. The lowest BCUT2D eigenvalue weighted by Crippen LogP contribution is -2.40. The summed E-state index contributed by atoms with van der Waals surface area (Å²) in [6.07, 6.45) is 7.19. The minimum Gasteiger partial charge on any atom is -0.316 e. The molecule has 3 aliphatic rings. The maximum absolute atomic E-state index is 3.56. The first kappa shape index (κ1) is 13.9. The van der Waals surface area contributed by atoms with Crippen LogP contribution in [0.25, 0.3) is 0 Å². The molecule has 3 rings (SSSR count). The van der Waals surface area contributed by atoms with Crippen LogP contribution in [0, 0.1) is 23.2 Å². The van der Waals surface area contributed by atoms with E-state index in [4.69, 9.17) is 0 Å². The van der Waals surface area contributed by atoms with Gasteiger partial charge in [-0.3, -0.25) is 4.90 Å². The Hall–Kier alpha value is -0.0800. The SMILES string of the molecule is CCC(C)(C)C1CCC(N2CC3CNCC3C2)CC1. The second-order valence-electron chi connectivity index (χ2n) is 7.98. The molecule has 0 aromatic heterocycles. The van der Waals surface area contributed by atoms with E-state index in [0.717, 1.165) is 23.8 Å². The maximum Gasteiger partial charge on any atom is 0.00957 e. The zero-order chi connectivity index (χ0) is 13.5. The van der Waals surface area contributed by atoms with Crippen molar-refractivity contribution in [2.75, 3.05) is 26.2 Å². The predicted octanol–water partition coefficient (Wildman–Crippen LogP) is 3.13. The second-order valence-corrected chi connectivity index (χ2v) is 7.98. The van der Waals surface area contributed by atoms with Gasteiger partial charge in [0, 0.05) is 19.1 Å². The molecule has 2 saturated heterocycles. The van der Waals surface area contributed by atoms with Crippen molar-refractivity contribution in [1.82, 2.24) is 10.2 Å². The van der Waals surface area contributed by atoms with Gasteiger partial charge in [-0.1, -0.05) is 27.2 Å². The summed E-state index contributed by atoms with van der Waals surface area (Å²) in [5.41, 5.74) is 0.566. The van der Waals surface area contributed by atoms with Crippen molar-refractivity contribution >= 4 is 0 Å². The Morgan fingerprint density at radius 3 is 2.11 bits per heavy atom. The Kier molecular flexibility index (Phi) is 3.92. The smallest absolute Gasteiger partial charge is 0.00957 e. The third kappa shape index (κ3) is 2.71. The lowest BCUT2D eigenvalue weighted by molar-refractivity contribution is 0.0936. The minimum atomic E-state index is 0.566. The van der Waals surface area contributed by atoms with Gasteiger partial charge in [-0.2, -0.15) is 0 Å². The van der Waals surface area contributed by atoms with Crippen LogP contribution >= 0.6 is 0 Å². The van der Waals surface area contributed by atoms with E-state index >= 15 is 0 Å². The Balaban J connectivity index is 1.51. The van der Waals surface area contributed by atoms with Crippen molar-refractivity contribution in [3.05, 3.63) is 0 Å². The normalized spacial score (nSPS) is 40.6. The van der Waals surface area contributed by atoms with Crippen LogP contribution in [0.1, 0.15) is 52.9 Å². The summed E-state index contributed by atoms with van der Waals surface area (Å²) in [5.74, 6) is 2.90. The topological polar surface area (TPSA) is 15.3 Å². The molecule has 1 aliphatic carbocycles. The second kappa shape index (κ2) is 5.37. The zero-order valence-electron chi connectivity index (χ0n) is 13.1. The van der Waals surface area contributed by atoms with Gasteiger partial charge in [-0.15, -0.1) is 0 Å². The summed E-state index contributed by atoms with van der Waals surface area (Å²) in [5, 5.41) is 3.56. The summed E-state index contributed by atoms with van der Waals surface area (Å²) in [6.45, 7) is 12.6. The fourth-order valence-electron chi connectivity index (χ4n) is 4.70. The molecule has 0 bridgehead atoms. The molecule has 2 nitrogen and oxygen atoms in total. The highest BCUT2D eigenvalue weighted by Crippen LogP contribution is 2.42. The van der Waals surface area contributed by atoms with Crippen molar-refractivity contribution in [3.63, 3.8) is 0 Å². The van der Waals surface area contributed by atoms with Gasteiger partial charge in [-0.25, -0.2) is 0 Å². The number of nitrogens with zero attached hydrogens (tertiary/aromatic N) is 1. The van der Waals surface area contributed by atoms with Gasteiger partial charge in [-0.05, 0) is 61.9 Å². The van der Waals surface area contributed by atoms with E-state index in [1.165, 1.54) is 58.3 Å². The summed E-state index contributed by atoms with van der Waals surface area (Å²) >= 11 is 0. The lowest BCUT2D eigenvalue weighted by Gasteiger charge is -2.41. The molecule has 2 aliphatic heterocycles. The van der Waals surface area contributed by atoms with Crippen LogP contribution in [0.3, 0.4) is 0 Å². The molecule has 2 heteroatoms. The van der Waals surface area contributed by atoms with Gasteiger partial charge in [0.2, 0.25) is 0 Å². The first-order chi connectivity index (χ1) is 9.10. The van der Waals surface area contributed by atoms with E-state index in [9.17, 15) is 0 Å². The monoisotopic (exact) mass is 264 g/mol. The third-order valence-electron chi connectivity index (χ3n) is 6.65. The molecule has 110 valence electrons. The van der Waals surface area contributed by atoms with Crippen LogP contribution in [0.15, 0.2) is 0 Å². The first-order valence-corrected chi connectivity index (χ1v) is 8.55. The zero-order valence-corrected chi connectivity index (χ0v) is 13.1. The molecule has 2 unspecified atom stereocenters. The molecule has 0 spiro atoms. The van der Waals surface area contributed by atoms with Gasteiger partial charge in [0.1, 0.15) is 0 Å². The predicted molar refractivity (Wildman–Crippen MR) is 81.2 cm³/mol. The van der Waals surface area contributed by atoms with E-state index in [2.05, 4.69) is 31.0 Å². The summed E-state index contributed by atoms with van der Waals surface area (Å²) in [6, 6.07) is 0.912. The van der Waals surface area contributed by atoms with Gasteiger partial charge in [0.15, 0.2) is 0 Å². The van der Waals surface area contributed by atoms with Crippen molar-refractivity contribution in [2.24, 2.45) is 23.2 Å². The van der Waals surface area contributed by atoms with Crippen LogP contribution in [0.2, 0.25) is 0 Å². The molecule has 0 radical (unpaired) electrons. The van der Waals surface area contributed by atoms with Crippen molar-refractivity contribution in [1.29, 1.82) is 0 Å². The van der Waals surface area contributed by atoms with Crippen molar-refractivity contribution in [2.45, 2.75) is 58.9 Å². The molecule has 2 heterocycles. The first-order valence-electron chi connectivity index (χ1n) is 8.55. The maximum atomic E-state index is 3.56. The van der Waals surface area contributed by atoms with Crippen molar-refractivity contribution in [3.8, 4) is 0 Å². The fraction of sp³-hybridized carbons (Fsp3) is 1.00. The van der Waals surface area contributed by atoms with Crippen LogP contribution in [-0.4, -0.2) is 37.1 Å². The molecule has 0 aromatic rings. The highest BCUT2D eigenvalue weighted by Gasteiger charge is 2.40. The van der Waals surface area contributed by atoms with E-state index in [0.29, 0.717) is 5.41 Å². The molecule has 1 saturated carbocycles. The van der Waals surface area contributed by atoms with E-state index in [-0.39, 0.29) is 0 Å². The van der Waals surface area contributed by atoms with E-state index < -0.39 is 0 Å². The molecule has 19 heavy (non-hydrogen) atoms. The molecule has 2 atom stereocenters. The fourth-order valence-corrected chi connectivity index (χ4v) is 4.70. The summed E-state index contributed by atoms with van der Waals surface area (Å²) < 4.78 is 0. The Morgan fingerprint density at radius 2 is 1.58 bits per heavy atom. The largest absolute Gasteiger partial charge is 0.316 e. The third-order valence-corrected chi connectivity index (χ3v) is 6.65. The highest BCUT2D eigenvalue weighted by molar-refractivity contribution is 4.95. The standard InChI is InChI=1S/C17H32N2/c1-4-17(2,3)15-5-7-16(8-6-15)19-11-13-9-18-10-14(13)12-19/h13-16,18H,4-12H2,1-3H3. The van der Waals surface area contributed by atoms with Gasteiger partial charge < -0.3 is 5.32 Å². The Bertz CT molecular complexity index is 292. The van der Waals surface area contributed by atoms with Crippen LogP contribution in [0.4, 0.5) is 0 Å². The minimum absolute atomic E-state index is 0.566. The Labute approximate surface area is 119 Å². The quantitative estimate of drug-likeness (QED) is 0.842. The number of hydrogen-bond acceptors (Lipinski definition) is 2. The average Bonchev–Trinajstić information content (AvgIpc) is 2.99. The number of hydrogen-bond donors (Lipinski definition) is 1. The van der Waals surface area contributed by atoms with Crippen LogP contribution < -0.4 is 5.32 Å². The average molecular weight is 264 g/mol. The van der Waals surface area contributed by atoms with Gasteiger partial charge in [0.25, 0.3) is 0 Å². The molecule has 1 N–H and O–H groups in total. The van der Waals surface area contributed by atoms with Crippen LogP contribution in [-0.2, 0) is 0 Å². The number of fused-ring (bicyclic) bond motifs is 1. The summed E-state index contributed by atoms with van der Waals surface area (Å²) in [7, 11) is 0. The summed E-state index contributed by atoms with van der Waals surface area (Å²) in [4.78, 5) is 2.84. The molecular formula is C17H32N2. The van der Waals surface area contributed by atoms with Gasteiger partial charge >= 0.3 is 0 Å². The van der Waals surface area contributed by atoms with E-state index in [1.807, 2.05) is 0 Å². The van der Waals surface area contributed by atoms with E-state index in [1.54, 1.807) is 0 Å². The molecule has 0 amide bonds. The van der Waals surface area contributed by atoms with Gasteiger partial charge in [0.05, 0.1) is 0 Å². The molecular weight excluding hydrogens is 232 g/mol. The number of rotatable bonds is 3. The van der Waals surface area contributed by atoms with Crippen LogP contribution in [0.5, 0.6) is 0 Å². The van der Waals surface area contributed by atoms with Crippen molar-refractivity contribution < 1.29 is 0 Å². The molecule has 3 fully saturated rings. The lowest BCUT2D eigenvalue weighted by atomic mass is 9.68. The Morgan fingerprint density at radius 1 is 1.00 bits per heavy atom. The highest BCUT2D eigenvalue weighted by atomic mass is 15.2.